The van der Waals surface area contributed by atoms with E-state index in [4.69, 9.17) is 4.42 Å². The van der Waals surface area contributed by atoms with Crippen molar-refractivity contribution in [2.45, 2.75) is 38.5 Å². The van der Waals surface area contributed by atoms with E-state index in [-0.39, 0.29) is 10.8 Å². The SMILES string of the molecule is CC1(C)c2ccccc2-c2ccc(N(c3ccc(-c4cccc5oc6ccc(-c7ccc8c(c7)c7ccccc7n8-c7ccccc7)cc6c45)cc3)c3cccc4c3-c3ccccc3C4(C)C)cc21. The van der Waals surface area contributed by atoms with Gasteiger partial charge in [0.1, 0.15) is 11.2 Å². The average Bonchev–Trinajstić information content (AvgIpc) is 4.07. The number of nitrogens with zero attached hydrogens (tertiary/aromatic N) is 2. The van der Waals surface area contributed by atoms with Crippen molar-refractivity contribution in [3.8, 4) is 50.2 Å². The predicted molar refractivity (Wildman–Crippen MR) is 289 cm³/mol. The van der Waals surface area contributed by atoms with Gasteiger partial charge in [-0.3, -0.25) is 0 Å². The summed E-state index contributed by atoms with van der Waals surface area (Å²) < 4.78 is 8.99. The Bertz CT molecular complexity index is 4070. The summed E-state index contributed by atoms with van der Waals surface area (Å²) in [5, 5.41) is 4.72. The van der Waals surface area contributed by atoms with Crippen LogP contribution in [-0.2, 0) is 10.8 Å². The molecule has 3 nitrogen and oxygen atoms in total. The fraction of sp³-hybridized carbons (Fsp3) is 0.0909. The van der Waals surface area contributed by atoms with Crippen molar-refractivity contribution in [3.05, 3.63) is 241 Å². The Morgan fingerprint density at radius 2 is 0.971 bits per heavy atom. The van der Waals surface area contributed by atoms with E-state index in [2.05, 4.69) is 256 Å². The van der Waals surface area contributed by atoms with Crippen LogP contribution in [0.2, 0.25) is 0 Å². The zero-order valence-electron chi connectivity index (χ0n) is 39.1. The standard InChI is InChI=1S/C66H48N2O/c1-65(2)55-23-12-9-20-51(55)64-56(65)24-15-26-60(64)67(46-34-35-49-48-18-8-11-22-54(48)66(3,4)57(49)40-46)45-32-28-41(29-33-45)47-21-14-27-62-63(47)53-39-43(31-37-61(53)69-62)42-30-36-59-52(38-42)50-19-10-13-25-58(50)68(59)44-16-6-5-7-17-44/h5-40H,1-4H3. The third-order valence-corrected chi connectivity index (χ3v) is 15.6. The molecule has 0 unspecified atom stereocenters. The van der Waals surface area contributed by atoms with E-state index in [0.29, 0.717) is 0 Å². The maximum Gasteiger partial charge on any atom is 0.136 e. The van der Waals surface area contributed by atoms with Crippen molar-refractivity contribution in [3.63, 3.8) is 0 Å². The third kappa shape index (κ3) is 5.74. The molecule has 12 aromatic rings. The van der Waals surface area contributed by atoms with Crippen molar-refractivity contribution in [2.24, 2.45) is 0 Å². The minimum Gasteiger partial charge on any atom is -0.456 e. The second kappa shape index (κ2) is 14.6. The van der Waals surface area contributed by atoms with Gasteiger partial charge in [-0.25, -0.2) is 0 Å². The van der Waals surface area contributed by atoms with Crippen LogP contribution in [0, 0.1) is 0 Å². The van der Waals surface area contributed by atoms with E-state index in [1.807, 2.05) is 0 Å². The summed E-state index contributed by atoms with van der Waals surface area (Å²) >= 11 is 0. The lowest BCUT2D eigenvalue weighted by Gasteiger charge is -2.30. The molecule has 0 fully saturated rings. The van der Waals surface area contributed by atoms with Crippen LogP contribution >= 0.6 is 0 Å². The van der Waals surface area contributed by atoms with Crippen molar-refractivity contribution >= 4 is 60.8 Å². The first kappa shape index (κ1) is 39.7. The molecule has 0 saturated carbocycles. The van der Waals surface area contributed by atoms with Crippen LogP contribution in [0.1, 0.15) is 49.9 Å². The molecule has 2 aliphatic rings. The highest BCUT2D eigenvalue weighted by Crippen LogP contribution is 2.56. The number of hydrogen-bond acceptors (Lipinski definition) is 2. The van der Waals surface area contributed by atoms with Crippen LogP contribution in [0.15, 0.2) is 223 Å². The first-order valence-corrected chi connectivity index (χ1v) is 24.2. The molecule has 3 heteroatoms. The molecule has 0 saturated heterocycles. The van der Waals surface area contributed by atoms with E-state index in [0.717, 1.165) is 55.7 Å². The Labute approximate surface area is 402 Å². The highest BCUT2D eigenvalue weighted by molar-refractivity contribution is 6.14. The first-order valence-electron chi connectivity index (χ1n) is 24.2. The summed E-state index contributed by atoms with van der Waals surface area (Å²) in [6.45, 7) is 9.46. The number of rotatable bonds is 6. The molecule has 2 aromatic heterocycles. The molecule has 0 spiro atoms. The number of anilines is 3. The highest BCUT2D eigenvalue weighted by Gasteiger charge is 2.39. The van der Waals surface area contributed by atoms with Gasteiger partial charge in [0.05, 0.1) is 16.7 Å². The number of hydrogen-bond donors (Lipinski definition) is 0. The summed E-state index contributed by atoms with van der Waals surface area (Å²) in [6.07, 6.45) is 0. The summed E-state index contributed by atoms with van der Waals surface area (Å²) in [5.41, 5.74) is 23.9. The largest absolute Gasteiger partial charge is 0.456 e. The van der Waals surface area contributed by atoms with E-state index < -0.39 is 0 Å². The van der Waals surface area contributed by atoms with Gasteiger partial charge in [-0.05, 0) is 140 Å². The zero-order chi connectivity index (χ0) is 46.2. The smallest absolute Gasteiger partial charge is 0.136 e. The van der Waals surface area contributed by atoms with Crippen LogP contribution in [0.4, 0.5) is 17.1 Å². The Morgan fingerprint density at radius 3 is 1.80 bits per heavy atom. The van der Waals surface area contributed by atoms with Crippen molar-refractivity contribution in [1.82, 2.24) is 4.57 Å². The van der Waals surface area contributed by atoms with Crippen molar-refractivity contribution in [2.75, 3.05) is 4.90 Å². The monoisotopic (exact) mass is 884 g/mol. The van der Waals surface area contributed by atoms with Crippen LogP contribution in [0.3, 0.4) is 0 Å². The Hall–Kier alpha value is -8.40. The molecule has 2 aliphatic carbocycles. The molecule has 2 heterocycles. The maximum absolute atomic E-state index is 6.62. The van der Waals surface area contributed by atoms with Crippen LogP contribution in [-0.4, -0.2) is 4.57 Å². The van der Waals surface area contributed by atoms with E-state index in [1.165, 1.54) is 77.6 Å². The fourth-order valence-corrected chi connectivity index (χ4v) is 12.2. The molecule has 0 N–H and O–H groups in total. The van der Waals surface area contributed by atoms with Crippen molar-refractivity contribution in [1.29, 1.82) is 0 Å². The summed E-state index contributed by atoms with van der Waals surface area (Å²) in [4.78, 5) is 2.49. The van der Waals surface area contributed by atoms with Gasteiger partial charge < -0.3 is 13.9 Å². The number of benzene rings is 10. The minimum absolute atomic E-state index is 0.125. The second-order valence-electron chi connectivity index (χ2n) is 20.1. The first-order chi connectivity index (χ1) is 33.7. The van der Waals surface area contributed by atoms with Crippen LogP contribution < -0.4 is 4.90 Å². The van der Waals surface area contributed by atoms with Gasteiger partial charge in [0.25, 0.3) is 0 Å². The molecule has 69 heavy (non-hydrogen) atoms. The Morgan fingerprint density at radius 1 is 0.377 bits per heavy atom. The summed E-state index contributed by atoms with van der Waals surface area (Å²) in [5.74, 6) is 0. The fourth-order valence-electron chi connectivity index (χ4n) is 12.2. The van der Waals surface area contributed by atoms with E-state index >= 15 is 0 Å². The van der Waals surface area contributed by atoms with Gasteiger partial charge in [0.15, 0.2) is 0 Å². The second-order valence-corrected chi connectivity index (χ2v) is 20.1. The number of fused-ring (bicyclic) bond motifs is 12. The Balaban J connectivity index is 0.901. The van der Waals surface area contributed by atoms with Gasteiger partial charge in [-0.15, -0.1) is 0 Å². The van der Waals surface area contributed by atoms with Crippen LogP contribution in [0.25, 0.3) is 93.9 Å². The lowest BCUT2D eigenvalue weighted by atomic mass is 9.82. The summed E-state index contributed by atoms with van der Waals surface area (Å²) in [7, 11) is 0. The quantitative estimate of drug-likeness (QED) is 0.166. The molecule has 0 radical (unpaired) electrons. The van der Waals surface area contributed by atoms with Gasteiger partial charge >= 0.3 is 0 Å². The van der Waals surface area contributed by atoms with Gasteiger partial charge in [-0.1, -0.05) is 167 Å². The summed E-state index contributed by atoms with van der Waals surface area (Å²) in [6, 6.07) is 80.5. The predicted octanol–water partition coefficient (Wildman–Crippen LogP) is 18.1. The minimum atomic E-state index is -0.133. The molecule has 14 rings (SSSR count). The molecular formula is C66H48N2O. The Kier molecular flexibility index (Phi) is 8.38. The van der Waals surface area contributed by atoms with Crippen molar-refractivity contribution < 1.29 is 4.42 Å². The molecule has 0 atom stereocenters. The topological polar surface area (TPSA) is 21.3 Å². The third-order valence-electron chi connectivity index (χ3n) is 15.6. The van der Waals surface area contributed by atoms with E-state index in [9.17, 15) is 0 Å². The van der Waals surface area contributed by atoms with Gasteiger partial charge in [-0.2, -0.15) is 0 Å². The molecule has 328 valence electrons. The maximum atomic E-state index is 6.62. The lowest BCUT2D eigenvalue weighted by Crippen LogP contribution is -2.17. The average molecular weight is 885 g/mol. The lowest BCUT2D eigenvalue weighted by molar-refractivity contribution is 0.660. The number of para-hydroxylation sites is 2. The molecule has 0 amide bonds. The normalized spacial score (nSPS) is 14.0. The van der Waals surface area contributed by atoms with Gasteiger partial charge in [0.2, 0.25) is 0 Å². The highest BCUT2D eigenvalue weighted by atomic mass is 16.3. The van der Waals surface area contributed by atoms with Gasteiger partial charge in [0, 0.05) is 55.0 Å². The molecular weight excluding hydrogens is 837 g/mol. The molecule has 10 aromatic carbocycles. The zero-order valence-corrected chi connectivity index (χ0v) is 39.1. The number of aromatic nitrogens is 1. The number of furan rings is 1. The molecule has 0 aliphatic heterocycles. The van der Waals surface area contributed by atoms with Crippen LogP contribution in [0.5, 0.6) is 0 Å². The molecule has 0 bridgehead atoms. The van der Waals surface area contributed by atoms with E-state index in [1.54, 1.807) is 0 Å².